The first kappa shape index (κ1) is 16.2. The molecule has 0 saturated carbocycles. The third-order valence-corrected chi connectivity index (χ3v) is 5.87. The Hall–Kier alpha value is 0.187. The van der Waals surface area contributed by atoms with Crippen molar-refractivity contribution in [3.63, 3.8) is 0 Å². The van der Waals surface area contributed by atoms with Gasteiger partial charge in [0.25, 0.3) is 0 Å². The summed E-state index contributed by atoms with van der Waals surface area (Å²) in [7, 11) is -2.39. The van der Waals surface area contributed by atoms with Crippen molar-refractivity contribution in [2.75, 3.05) is 25.6 Å². The lowest BCUT2D eigenvalue weighted by molar-refractivity contribution is 0.0712. The second-order valence-corrected chi connectivity index (χ2v) is 6.93. The third kappa shape index (κ3) is 6.70. The fourth-order valence-electron chi connectivity index (χ4n) is 1.46. The van der Waals surface area contributed by atoms with Crippen LogP contribution in [-0.4, -0.2) is 34.4 Å². The topological polar surface area (TPSA) is 27.7 Å². The van der Waals surface area contributed by atoms with E-state index in [2.05, 4.69) is 6.58 Å². The van der Waals surface area contributed by atoms with E-state index >= 15 is 0 Å². The van der Waals surface area contributed by atoms with E-state index < -0.39 is 8.80 Å². The molecule has 0 amide bonds. The molecule has 96 valence electrons. The Bertz CT molecular complexity index is 162. The minimum Gasteiger partial charge on any atom is -0.374 e. The van der Waals surface area contributed by atoms with Gasteiger partial charge in [0.15, 0.2) is 0 Å². The predicted molar refractivity (Wildman–Crippen MR) is 72.7 cm³/mol. The summed E-state index contributed by atoms with van der Waals surface area (Å²) in [4.78, 5) is 0. The maximum atomic E-state index is 5.75. The van der Waals surface area contributed by atoms with Crippen LogP contribution in [0.1, 0.15) is 27.2 Å². The maximum Gasteiger partial charge on any atom is 0.500 e. The minimum absolute atomic E-state index is 0.654. The molecule has 0 aromatic rings. The number of rotatable bonds is 11. The number of hydrogen-bond donors (Lipinski definition) is 0. The van der Waals surface area contributed by atoms with Crippen molar-refractivity contribution in [1.29, 1.82) is 0 Å². The predicted octanol–water partition coefficient (Wildman–Crippen LogP) is 3.30. The molecule has 0 bridgehead atoms. The first-order valence-corrected chi connectivity index (χ1v) is 8.87. The number of hydrogen-bond acceptors (Lipinski definition) is 4. The third-order valence-electron chi connectivity index (χ3n) is 1.96. The Morgan fingerprint density at radius 3 is 1.94 bits per heavy atom. The molecule has 0 aliphatic heterocycles. The molecule has 3 nitrogen and oxygen atoms in total. The van der Waals surface area contributed by atoms with Gasteiger partial charge in [0.1, 0.15) is 0 Å². The zero-order valence-corrected chi connectivity index (χ0v) is 12.5. The first-order valence-electron chi connectivity index (χ1n) is 5.89. The van der Waals surface area contributed by atoms with E-state index in [9.17, 15) is 0 Å². The van der Waals surface area contributed by atoms with Gasteiger partial charge in [-0.1, -0.05) is 6.58 Å². The highest BCUT2D eigenvalue weighted by Crippen LogP contribution is 2.19. The Morgan fingerprint density at radius 2 is 1.56 bits per heavy atom. The Labute approximate surface area is 105 Å². The highest BCUT2D eigenvalue weighted by atomic mass is 32.2. The van der Waals surface area contributed by atoms with Crippen molar-refractivity contribution < 1.29 is 13.3 Å². The van der Waals surface area contributed by atoms with Crippen LogP contribution in [0.25, 0.3) is 0 Å². The normalized spacial score (nSPS) is 11.7. The van der Waals surface area contributed by atoms with Crippen molar-refractivity contribution in [2.24, 2.45) is 0 Å². The second-order valence-electron chi connectivity index (χ2n) is 3.12. The van der Waals surface area contributed by atoms with Crippen LogP contribution >= 0.6 is 11.8 Å². The Kier molecular flexibility index (Phi) is 10.5. The van der Waals surface area contributed by atoms with Gasteiger partial charge in [-0.2, -0.15) is 0 Å². The van der Waals surface area contributed by atoms with E-state index in [0.717, 1.165) is 18.2 Å². The Morgan fingerprint density at radius 1 is 1.06 bits per heavy atom. The number of thioether (sulfide) groups is 1. The van der Waals surface area contributed by atoms with Crippen LogP contribution in [0, 0.1) is 0 Å². The average molecular weight is 264 g/mol. The quantitative estimate of drug-likeness (QED) is 0.423. The zero-order valence-electron chi connectivity index (χ0n) is 10.7. The molecule has 0 heterocycles. The van der Waals surface area contributed by atoms with E-state index in [1.807, 2.05) is 26.2 Å². The SMILES string of the molecule is C=CSCCC[Si](OCC)(OCC)OCC. The summed E-state index contributed by atoms with van der Waals surface area (Å²) >= 11 is 1.72. The van der Waals surface area contributed by atoms with Crippen LogP contribution < -0.4 is 0 Å². The molecule has 0 spiro atoms. The highest BCUT2D eigenvalue weighted by Gasteiger charge is 2.39. The van der Waals surface area contributed by atoms with Gasteiger partial charge in [0.05, 0.1) is 0 Å². The molecule has 16 heavy (non-hydrogen) atoms. The monoisotopic (exact) mass is 264 g/mol. The summed E-state index contributed by atoms with van der Waals surface area (Å²) in [6.45, 7) is 11.6. The van der Waals surface area contributed by atoms with Gasteiger partial charge in [-0.25, -0.2) is 0 Å². The van der Waals surface area contributed by atoms with Crippen LogP contribution in [0.15, 0.2) is 12.0 Å². The molecule has 0 unspecified atom stereocenters. The zero-order chi connectivity index (χ0) is 12.3. The lowest BCUT2D eigenvalue weighted by Crippen LogP contribution is -2.46. The molecule has 5 heteroatoms. The standard InChI is InChI=1S/C11H24O3SSi/c1-5-12-16(13-6-2,14-7-3)11-9-10-15-8-4/h8H,4-7,9-11H2,1-3H3. The average Bonchev–Trinajstić information content (AvgIpc) is 2.26. The molecule has 0 radical (unpaired) electrons. The van der Waals surface area contributed by atoms with E-state index in [-0.39, 0.29) is 0 Å². The molecular formula is C11H24O3SSi. The molecular weight excluding hydrogens is 240 g/mol. The summed E-state index contributed by atoms with van der Waals surface area (Å²) < 4.78 is 17.2. The summed E-state index contributed by atoms with van der Waals surface area (Å²) in [5.74, 6) is 1.05. The maximum absolute atomic E-state index is 5.75. The fraction of sp³-hybridized carbons (Fsp3) is 0.818. The molecule has 0 aromatic heterocycles. The summed E-state index contributed by atoms with van der Waals surface area (Å²) in [6.07, 6.45) is 1.04. The molecule has 0 aromatic carbocycles. The smallest absolute Gasteiger partial charge is 0.374 e. The van der Waals surface area contributed by atoms with E-state index in [1.165, 1.54) is 0 Å². The Balaban J connectivity index is 4.17. The van der Waals surface area contributed by atoms with Crippen molar-refractivity contribution in [3.8, 4) is 0 Å². The molecule has 0 fully saturated rings. The summed E-state index contributed by atoms with van der Waals surface area (Å²) in [6, 6.07) is 0.892. The van der Waals surface area contributed by atoms with Crippen molar-refractivity contribution in [1.82, 2.24) is 0 Å². The van der Waals surface area contributed by atoms with E-state index in [4.69, 9.17) is 13.3 Å². The summed E-state index contributed by atoms with van der Waals surface area (Å²) in [5.41, 5.74) is 0. The minimum atomic E-state index is -2.39. The van der Waals surface area contributed by atoms with Crippen LogP contribution in [0.3, 0.4) is 0 Å². The van der Waals surface area contributed by atoms with Gasteiger partial charge in [0.2, 0.25) is 0 Å². The van der Waals surface area contributed by atoms with Gasteiger partial charge < -0.3 is 13.3 Å². The van der Waals surface area contributed by atoms with Crippen molar-refractivity contribution in [3.05, 3.63) is 12.0 Å². The molecule has 0 N–H and O–H groups in total. The van der Waals surface area contributed by atoms with Crippen LogP contribution in [0.2, 0.25) is 6.04 Å². The van der Waals surface area contributed by atoms with Crippen molar-refractivity contribution >= 4 is 20.6 Å². The van der Waals surface area contributed by atoms with Gasteiger partial charge in [-0.3, -0.25) is 0 Å². The fourth-order valence-corrected chi connectivity index (χ4v) is 4.80. The highest BCUT2D eigenvalue weighted by molar-refractivity contribution is 8.02. The van der Waals surface area contributed by atoms with Gasteiger partial charge >= 0.3 is 8.80 Å². The first-order chi connectivity index (χ1) is 7.74. The largest absolute Gasteiger partial charge is 0.500 e. The second kappa shape index (κ2) is 10.3. The molecule has 0 atom stereocenters. The lowest BCUT2D eigenvalue weighted by Gasteiger charge is -2.28. The molecule has 0 aliphatic carbocycles. The van der Waals surface area contributed by atoms with Gasteiger partial charge in [-0.05, 0) is 38.4 Å². The lowest BCUT2D eigenvalue weighted by atomic mass is 10.6. The van der Waals surface area contributed by atoms with E-state index in [0.29, 0.717) is 19.8 Å². The molecule has 0 aliphatic rings. The molecule has 0 rings (SSSR count). The van der Waals surface area contributed by atoms with Crippen molar-refractivity contribution in [2.45, 2.75) is 33.2 Å². The van der Waals surface area contributed by atoms with Crippen LogP contribution in [0.4, 0.5) is 0 Å². The van der Waals surface area contributed by atoms with Crippen LogP contribution in [-0.2, 0) is 13.3 Å². The van der Waals surface area contributed by atoms with Crippen LogP contribution in [0.5, 0.6) is 0 Å². The van der Waals surface area contributed by atoms with Gasteiger partial charge in [-0.15, -0.1) is 11.8 Å². The van der Waals surface area contributed by atoms with E-state index in [1.54, 1.807) is 11.8 Å². The molecule has 0 saturated heterocycles. The van der Waals surface area contributed by atoms with Gasteiger partial charge in [0, 0.05) is 25.9 Å². The summed E-state index contributed by atoms with van der Waals surface area (Å²) in [5, 5.41) is 1.87.